The number of fused-ring (bicyclic) bond motifs is 3. The molecule has 55 heavy (non-hydrogen) atoms. The van der Waals surface area contributed by atoms with Crippen molar-refractivity contribution >= 4 is 31.0 Å². The van der Waals surface area contributed by atoms with Crippen LogP contribution in [0, 0.1) is 6.92 Å². The van der Waals surface area contributed by atoms with Gasteiger partial charge in [-0.05, 0) is 45.7 Å². The number of carbonyl (C=O) groups excluding carboxylic acids is 1. The molecule has 0 aliphatic carbocycles. The molecule has 17 nitrogen and oxygen atoms in total. The van der Waals surface area contributed by atoms with E-state index in [9.17, 15) is 4.79 Å². The Morgan fingerprint density at radius 3 is 2.71 bits per heavy atom. The van der Waals surface area contributed by atoms with Gasteiger partial charge in [0.05, 0.1) is 39.4 Å². The van der Waals surface area contributed by atoms with Crippen LogP contribution in [0.4, 0.5) is 5.82 Å². The van der Waals surface area contributed by atoms with Gasteiger partial charge < -0.3 is 43.6 Å². The second-order valence-electron chi connectivity index (χ2n) is 15.8. The van der Waals surface area contributed by atoms with Gasteiger partial charge in [-0.25, -0.2) is 24.4 Å². The van der Waals surface area contributed by atoms with Gasteiger partial charge in [0.15, 0.2) is 30.3 Å². The lowest BCUT2D eigenvalue weighted by Crippen LogP contribution is -2.32. The van der Waals surface area contributed by atoms with E-state index in [1.165, 1.54) is 6.33 Å². The van der Waals surface area contributed by atoms with Crippen molar-refractivity contribution in [1.82, 2.24) is 34.5 Å². The van der Waals surface area contributed by atoms with Crippen LogP contribution in [-0.2, 0) is 54.6 Å². The molecule has 2 saturated heterocycles. The summed E-state index contributed by atoms with van der Waals surface area (Å²) < 4.78 is 51.9. The van der Waals surface area contributed by atoms with Gasteiger partial charge in [0.25, 0.3) is 0 Å². The van der Waals surface area contributed by atoms with Crippen LogP contribution in [-0.4, -0.2) is 99.8 Å². The molecule has 0 radical (unpaired) electrons. The number of aromatic nitrogens is 7. The average Bonchev–Trinajstić information content (AvgIpc) is 3.95. The summed E-state index contributed by atoms with van der Waals surface area (Å²) in [5.41, 5.74) is 11.6. The number of nitrogen functional groups attached to an aromatic ring is 1. The van der Waals surface area contributed by atoms with Crippen molar-refractivity contribution < 1.29 is 42.7 Å². The van der Waals surface area contributed by atoms with Gasteiger partial charge >= 0.3 is 5.97 Å². The van der Waals surface area contributed by atoms with E-state index in [0.29, 0.717) is 53.5 Å². The Bertz CT molecular complexity index is 2080. The zero-order valence-electron chi connectivity index (χ0n) is 32.7. The number of benzene rings is 1. The molecule has 2 fully saturated rings. The van der Waals surface area contributed by atoms with Crippen LogP contribution in [0.25, 0.3) is 11.2 Å². The molecule has 18 heteroatoms. The van der Waals surface area contributed by atoms with Gasteiger partial charge in [0.2, 0.25) is 0 Å². The van der Waals surface area contributed by atoms with E-state index >= 15 is 0 Å². The van der Waals surface area contributed by atoms with E-state index in [1.54, 1.807) is 22.7 Å². The molecule has 0 amide bonds. The SMILES string of the molecule is COc1c(C)c2c(c(OCOCC[Si](C)(C)C)c1C/C=C(\C)Cn1cc(COC[C@H]3O[C@@H](n4cnc5c(N)ncnc54)[C@@H]4OC(C)(C)O[C@@H]43)nn1)C(=O)OC2. The fraction of sp³-hybridized carbons (Fsp3) is 0.568. The first-order chi connectivity index (χ1) is 26.2. The molecule has 0 spiro atoms. The third kappa shape index (κ3) is 8.24. The van der Waals surface area contributed by atoms with Crippen LogP contribution in [0.2, 0.25) is 25.7 Å². The van der Waals surface area contributed by atoms with E-state index in [-0.39, 0.29) is 38.5 Å². The predicted octanol–water partition coefficient (Wildman–Crippen LogP) is 4.50. The molecule has 296 valence electrons. The number of allylic oxidation sites excluding steroid dienone is 2. The maximum atomic E-state index is 12.9. The molecule has 4 atom stereocenters. The monoisotopic (exact) mass is 778 g/mol. The zero-order valence-corrected chi connectivity index (χ0v) is 33.7. The highest BCUT2D eigenvalue weighted by Crippen LogP contribution is 2.45. The molecule has 7 rings (SSSR count). The van der Waals surface area contributed by atoms with Crippen molar-refractivity contribution in [2.75, 3.05) is 32.9 Å². The largest absolute Gasteiger partial charge is 0.496 e. The summed E-state index contributed by atoms with van der Waals surface area (Å²) in [5, 5.41) is 8.65. The van der Waals surface area contributed by atoms with Gasteiger partial charge in [0, 0.05) is 25.8 Å². The number of hydrogen-bond acceptors (Lipinski definition) is 15. The maximum absolute atomic E-state index is 12.9. The minimum Gasteiger partial charge on any atom is -0.496 e. The molecule has 3 aromatic heterocycles. The summed E-state index contributed by atoms with van der Waals surface area (Å²) in [7, 11) is 0.355. The number of carbonyl (C=O) groups is 1. The number of nitrogens with two attached hydrogens (primary N) is 1. The number of nitrogens with zero attached hydrogens (tertiary/aromatic N) is 7. The lowest BCUT2D eigenvalue weighted by Gasteiger charge is -2.24. The van der Waals surface area contributed by atoms with E-state index < -0.39 is 38.3 Å². The number of hydrogen-bond donors (Lipinski definition) is 1. The fourth-order valence-corrected chi connectivity index (χ4v) is 7.90. The minimum absolute atomic E-state index is 0.0240. The lowest BCUT2D eigenvalue weighted by atomic mass is 9.95. The normalized spacial score (nSPS) is 22.0. The molecular weight excluding hydrogens is 729 g/mol. The highest BCUT2D eigenvalue weighted by atomic mass is 28.3. The average molecular weight is 779 g/mol. The van der Waals surface area contributed by atoms with Gasteiger partial charge in [-0.1, -0.05) is 36.5 Å². The summed E-state index contributed by atoms with van der Waals surface area (Å²) in [6.45, 7) is 16.3. The number of methoxy groups -OCH3 is 1. The fourth-order valence-electron chi connectivity index (χ4n) is 7.14. The molecule has 3 aliphatic heterocycles. The van der Waals surface area contributed by atoms with Crippen LogP contribution < -0.4 is 15.2 Å². The first-order valence-corrected chi connectivity index (χ1v) is 22.1. The highest BCUT2D eigenvalue weighted by molar-refractivity contribution is 6.76. The molecule has 2 N–H and O–H groups in total. The molecule has 3 aliphatic rings. The smallest absolute Gasteiger partial charge is 0.342 e. The Morgan fingerprint density at radius 1 is 1.13 bits per heavy atom. The summed E-state index contributed by atoms with van der Waals surface area (Å²) >= 11 is 0. The molecular formula is C37H50N8O9Si. The summed E-state index contributed by atoms with van der Waals surface area (Å²) in [5.74, 6) is 0.183. The quantitative estimate of drug-likeness (QED) is 0.0549. The Kier molecular flexibility index (Phi) is 11.0. The maximum Gasteiger partial charge on any atom is 0.342 e. The Labute approximate surface area is 320 Å². The van der Waals surface area contributed by atoms with Crippen LogP contribution in [0.15, 0.2) is 30.5 Å². The Hall–Kier alpha value is -4.46. The van der Waals surface area contributed by atoms with E-state index in [4.69, 9.17) is 43.6 Å². The van der Waals surface area contributed by atoms with Crippen molar-refractivity contribution in [3.63, 3.8) is 0 Å². The van der Waals surface area contributed by atoms with Gasteiger partial charge in [-0.15, -0.1) is 5.10 Å². The third-order valence-electron chi connectivity index (χ3n) is 9.88. The van der Waals surface area contributed by atoms with Gasteiger partial charge in [-0.3, -0.25) is 4.57 Å². The van der Waals surface area contributed by atoms with Crippen molar-refractivity contribution in [2.45, 2.75) is 110 Å². The highest BCUT2D eigenvalue weighted by Gasteiger charge is 2.56. The van der Waals surface area contributed by atoms with E-state index in [2.05, 4.69) is 51.0 Å². The first-order valence-electron chi connectivity index (χ1n) is 18.4. The third-order valence-corrected chi connectivity index (χ3v) is 11.6. The number of imidazole rings is 1. The first kappa shape index (κ1) is 38.8. The van der Waals surface area contributed by atoms with E-state index in [0.717, 1.165) is 28.3 Å². The molecule has 0 unspecified atom stereocenters. The number of rotatable bonds is 16. The lowest BCUT2D eigenvalue weighted by molar-refractivity contribution is -0.202. The number of anilines is 1. The molecule has 1 aromatic carbocycles. The predicted molar refractivity (Wildman–Crippen MR) is 201 cm³/mol. The molecule has 4 aromatic rings. The van der Waals surface area contributed by atoms with Crippen LogP contribution >= 0.6 is 0 Å². The van der Waals surface area contributed by atoms with Crippen molar-refractivity contribution in [3.05, 3.63) is 58.4 Å². The van der Waals surface area contributed by atoms with Gasteiger partial charge in [-0.2, -0.15) is 0 Å². The van der Waals surface area contributed by atoms with Crippen molar-refractivity contribution in [2.24, 2.45) is 0 Å². The second kappa shape index (κ2) is 15.6. The Balaban J connectivity index is 0.982. The van der Waals surface area contributed by atoms with E-state index in [1.807, 2.05) is 33.9 Å². The van der Waals surface area contributed by atoms with Crippen molar-refractivity contribution in [1.29, 1.82) is 0 Å². The van der Waals surface area contributed by atoms with Crippen LogP contribution in [0.5, 0.6) is 11.5 Å². The van der Waals surface area contributed by atoms with Crippen molar-refractivity contribution in [3.8, 4) is 11.5 Å². The molecule has 6 heterocycles. The summed E-state index contributed by atoms with van der Waals surface area (Å²) in [6.07, 6.45) is 5.61. The topological polar surface area (TPSA) is 191 Å². The molecule has 0 saturated carbocycles. The van der Waals surface area contributed by atoms with Crippen LogP contribution in [0.3, 0.4) is 0 Å². The standard InChI is InChI=1S/C37H50N8O9Si/c1-21(9-10-24-29(47-5)22(2)25-16-50-36(46)27(25)30(24)51-20-48-11-12-55(6,7)8)13-44-14-23(42-43-44)15-49-17-26-31-32(54-37(3,4)53-31)35(52-26)45-19-41-28-33(38)39-18-40-34(28)45/h9,14,18-19,26,31-32,35H,10-13,15-17,20H2,1-8H3,(H2,38,39,40)/b21-9+/t26-,31-,32-,35-/m1/s1. The van der Waals surface area contributed by atoms with Crippen LogP contribution in [0.1, 0.15) is 59.7 Å². The molecule has 0 bridgehead atoms. The second-order valence-corrected chi connectivity index (χ2v) is 21.4. The number of esters is 1. The van der Waals surface area contributed by atoms with Gasteiger partial charge in [0.1, 0.15) is 59.5 Å². The minimum atomic E-state index is -1.27. The summed E-state index contributed by atoms with van der Waals surface area (Å²) in [4.78, 5) is 25.7. The number of cyclic esters (lactones) is 1. The summed E-state index contributed by atoms with van der Waals surface area (Å²) in [6, 6.07) is 1.01. The zero-order chi connectivity index (χ0) is 39.1. The number of ether oxygens (including phenoxy) is 8. The Morgan fingerprint density at radius 2 is 1.93 bits per heavy atom.